The smallest absolute Gasteiger partial charge is 0.377 e. The van der Waals surface area contributed by atoms with E-state index in [1.165, 1.54) is 22.3 Å². The van der Waals surface area contributed by atoms with E-state index < -0.39 is 8.80 Å². The van der Waals surface area contributed by atoms with Gasteiger partial charge in [-0.25, -0.2) is 0 Å². The molecule has 4 heteroatoms. The maximum Gasteiger partial charge on any atom is 0.500 e. The Labute approximate surface area is 111 Å². The summed E-state index contributed by atoms with van der Waals surface area (Å²) in [5.41, 5.74) is 5.42. The number of benzene rings is 1. The molecule has 3 nitrogen and oxygen atoms in total. The van der Waals surface area contributed by atoms with E-state index in [0.29, 0.717) is 0 Å². The van der Waals surface area contributed by atoms with Gasteiger partial charge in [0.05, 0.1) is 0 Å². The average Bonchev–Trinajstić information content (AvgIpc) is 2.40. The van der Waals surface area contributed by atoms with Crippen molar-refractivity contribution in [2.75, 3.05) is 21.3 Å². The topological polar surface area (TPSA) is 27.7 Å². The van der Waals surface area contributed by atoms with Gasteiger partial charge in [-0.1, -0.05) is 12.1 Å². The first-order valence-electron chi connectivity index (χ1n) is 6.20. The summed E-state index contributed by atoms with van der Waals surface area (Å²) in [7, 11) is 2.52. The minimum Gasteiger partial charge on any atom is -0.377 e. The second-order valence-corrected chi connectivity index (χ2v) is 7.68. The quantitative estimate of drug-likeness (QED) is 0.742. The monoisotopic (exact) mass is 268 g/mol. The Balaban J connectivity index is 2.83. The summed E-state index contributed by atoms with van der Waals surface area (Å²) >= 11 is 0. The van der Waals surface area contributed by atoms with Crippen LogP contribution in [0, 0.1) is 20.8 Å². The Morgan fingerprint density at radius 2 is 1.44 bits per heavy atom. The first-order valence-corrected chi connectivity index (χ1v) is 8.14. The van der Waals surface area contributed by atoms with Gasteiger partial charge in [-0.2, -0.15) is 0 Å². The molecule has 0 amide bonds. The fourth-order valence-electron chi connectivity index (χ4n) is 2.13. The molecule has 0 N–H and O–H groups in total. The van der Waals surface area contributed by atoms with Gasteiger partial charge in [0.2, 0.25) is 0 Å². The Hall–Kier alpha value is -0.683. The maximum absolute atomic E-state index is 5.45. The highest BCUT2D eigenvalue weighted by Gasteiger charge is 2.37. The summed E-state index contributed by atoms with van der Waals surface area (Å²) in [6.45, 7) is 6.49. The van der Waals surface area contributed by atoms with E-state index >= 15 is 0 Å². The molecular weight excluding hydrogens is 244 g/mol. The van der Waals surface area contributed by atoms with E-state index in [4.69, 9.17) is 13.3 Å². The number of aryl methyl sites for hydroxylation is 2. The van der Waals surface area contributed by atoms with Crippen molar-refractivity contribution >= 4 is 8.80 Å². The zero-order chi connectivity index (χ0) is 13.8. The zero-order valence-corrected chi connectivity index (χ0v) is 13.3. The van der Waals surface area contributed by atoms with E-state index in [2.05, 4.69) is 32.9 Å². The second kappa shape index (κ2) is 6.47. The Morgan fingerprint density at radius 3 is 1.94 bits per heavy atom. The number of rotatable bonds is 6. The van der Waals surface area contributed by atoms with Crippen LogP contribution in [0.5, 0.6) is 0 Å². The molecule has 1 aromatic carbocycles. The van der Waals surface area contributed by atoms with Crippen molar-refractivity contribution in [3.63, 3.8) is 0 Å². The van der Waals surface area contributed by atoms with E-state index in [0.717, 1.165) is 12.5 Å². The largest absolute Gasteiger partial charge is 0.500 e. The van der Waals surface area contributed by atoms with E-state index in [1.807, 2.05) is 0 Å². The lowest BCUT2D eigenvalue weighted by Gasteiger charge is -2.24. The molecule has 0 unspecified atom stereocenters. The molecule has 0 aliphatic carbocycles. The average molecular weight is 268 g/mol. The van der Waals surface area contributed by atoms with Gasteiger partial charge in [-0.3, -0.25) is 0 Å². The van der Waals surface area contributed by atoms with Gasteiger partial charge >= 0.3 is 8.80 Å². The molecular formula is C14H24O3Si. The SMILES string of the molecule is CO[Si](CCc1ccc(C)c(C)c1C)(OC)OC. The zero-order valence-electron chi connectivity index (χ0n) is 12.3. The maximum atomic E-state index is 5.45. The third-order valence-electron chi connectivity index (χ3n) is 3.80. The van der Waals surface area contributed by atoms with Crippen molar-refractivity contribution in [1.82, 2.24) is 0 Å². The van der Waals surface area contributed by atoms with Crippen LogP contribution in [-0.4, -0.2) is 30.1 Å². The minimum absolute atomic E-state index is 0.805. The summed E-state index contributed by atoms with van der Waals surface area (Å²) in [5, 5.41) is 0. The summed E-state index contributed by atoms with van der Waals surface area (Å²) in [4.78, 5) is 0. The highest BCUT2D eigenvalue weighted by atomic mass is 28.4. The number of hydrogen-bond donors (Lipinski definition) is 0. The lowest BCUT2D eigenvalue weighted by atomic mass is 9.97. The van der Waals surface area contributed by atoms with Gasteiger partial charge < -0.3 is 13.3 Å². The molecule has 0 radical (unpaired) electrons. The molecule has 18 heavy (non-hydrogen) atoms. The Morgan fingerprint density at radius 1 is 0.889 bits per heavy atom. The molecule has 102 valence electrons. The van der Waals surface area contributed by atoms with Crippen LogP contribution in [0.15, 0.2) is 12.1 Å². The Bertz CT molecular complexity index is 392. The summed E-state index contributed by atoms with van der Waals surface area (Å²) in [5.74, 6) is 0. The molecule has 1 rings (SSSR count). The minimum atomic E-state index is -2.45. The Kier molecular flexibility index (Phi) is 5.53. The van der Waals surface area contributed by atoms with Gasteiger partial charge in [0, 0.05) is 27.4 Å². The molecule has 0 atom stereocenters. The first kappa shape index (κ1) is 15.4. The van der Waals surface area contributed by atoms with Gasteiger partial charge in [-0.15, -0.1) is 0 Å². The van der Waals surface area contributed by atoms with Crippen LogP contribution >= 0.6 is 0 Å². The standard InChI is InChI=1S/C14H24O3Si/c1-11-7-8-14(13(3)12(11)2)9-10-18(15-4,16-5)17-6/h7-8H,9-10H2,1-6H3. The third kappa shape index (κ3) is 3.20. The van der Waals surface area contributed by atoms with Crippen LogP contribution in [0.4, 0.5) is 0 Å². The van der Waals surface area contributed by atoms with Crippen LogP contribution in [0.1, 0.15) is 22.3 Å². The van der Waals surface area contributed by atoms with Crippen molar-refractivity contribution in [3.05, 3.63) is 34.4 Å². The van der Waals surface area contributed by atoms with Crippen LogP contribution in [0.3, 0.4) is 0 Å². The van der Waals surface area contributed by atoms with Crippen molar-refractivity contribution in [1.29, 1.82) is 0 Å². The molecule has 0 saturated carbocycles. The fraction of sp³-hybridized carbons (Fsp3) is 0.571. The summed E-state index contributed by atoms with van der Waals surface area (Å²) in [6.07, 6.45) is 0.925. The summed E-state index contributed by atoms with van der Waals surface area (Å²) in [6, 6.07) is 5.17. The molecule has 0 heterocycles. The molecule has 0 spiro atoms. The molecule has 0 aliphatic heterocycles. The highest BCUT2D eigenvalue weighted by molar-refractivity contribution is 6.60. The van der Waals surface area contributed by atoms with Crippen molar-refractivity contribution < 1.29 is 13.3 Å². The van der Waals surface area contributed by atoms with Gasteiger partial charge in [0.1, 0.15) is 0 Å². The van der Waals surface area contributed by atoms with E-state index in [9.17, 15) is 0 Å². The molecule has 1 aromatic rings. The first-order chi connectivity index (χ1) is 8.49. The van der Waals surface area contributed by atoms with Crippen LogP contribution < -0.4 is 0 Å². The predicted octanol–water partition coefficient (Wildman–Crippen LogP) is 3.03. The van der Waals surface area contributed by atoms with Gasteiger partial charge in [-0.05, 0) is 49.4 Å². The fourth-order valence-corrected chi connectivity index (χ4v) is 3.81. The molecule has 0 bridgehead atoms. The van der Waals surface area contributed by atoms with Crippen molar-refractivity contribution in [3.8, 4) is 0 Å². The second-order valence-electron chi connectivity index (χ2n) is 4.59. The summed E-state index contributed by atoms with van der Waals surface area (Å²) < 4.78 is 16.3. The van der Waals surface area contributed by atoms with Crippen LogP contribution in [0.25, 0.3) is 0 Å². The third-order valence-corrected chi connectivity index (χ3v) is 6.53. The van der Waals surface area contributed by atoms with Crippen LogP contribution in [-0.2, 0) is 19.7 Å². The normalized spacial score (nSPS) is 11.9. The van der Waals surface area contributed by atoms with E-state index in [-0.39, 0.29) is 0 Å². The van der Waals surface area contributed by atoms with Crippen LogP contribution in [0.2, 0.25) is 6.04 Å². The predicted molar refractivity (Wildman–Crippen MR) is 75.9 cm³/mol. The van der Waals surface area contributed by atoms with E-state index in [1.54, 1.807) is 21.3 Å². The molecule has 0 aromatic heterocycles. The van der Waals surface area contributed by atoms with Crippen molar-refractivity contribution in [2.45, 2.75) is 33.2 Å². The number of hydrogen-bond acceptors (Lipinski definition) is 3. The lowest BCUT2D eigenvalue weighted by molar-refractivity contribution is 0.123. The van der Waals surface area contributed by atoms with Crippen molar-refractivity contribution in [2.24, 2.45) is 0 Å². The highest BCUT2D eigenvalue weighted by Crippen LogP contribution is 2.22. The van der Waals surface area contributed by atoms with Gasteiger partial charge in [0.15, 0.2) is 0 Å². The van der Waals surface area contributed by atoms with Gasteiger partial charge in [0.25, 0.3) is 0 Å². The molecule has 0 aliphatic rings. The molecule has 0 saturated heterocycles. The lowest BCUT2D eigenvalue weighted by Crippen LogP contribution is -2.43. The molecule has 0 fully saturated rings.